The van der Waals surface area contributed by atoms with Crippen molar-refractivity contribution in [1.82, 2.24) is 4.90 Å². The van der Waals surface area contributed by atoms with Crippen molar-refractivity contribution in [3.63, 3.8) is 0 Å². The minimum absolute atomic E-state index is 0.0660. The van der Waals surface area contributed by atoms with E-state index < -0.39 is 0 Å². The minimum Gasteiger partial charge on any atom is -0.496 e. The van der Waals surface area contributed by atoms with Gasteiger partial charge in [-0.1, -0.05) is 18.2 Å². The number of halogens is 1. The first-order valence-corrected chi connectivity index (χ1v) is 7.63. The molecule has 0 aliphatic rings. The normalized spacial score (nSPS) is 10.3. The maximum atomic E-state index is 12.5. The molecule has 21 heavy (non-hydrogen) atoms. The molecule has 0 fully saturated rings. The zero-order valence-electron chi connectivity index (χ0n) is 11.8. The fraction of sp³-hybridized carbons (Fsp3) is 0.188. The number of rotatable bonds is 4. The number of carbonyl (C=O) groups excluding carboxylic acids is 1. The quantitative estimate of drug-likeness (QED) is 0.829. The summed E-state index contributed by atoms with van der Waals surface area (Å²) in [5.74, 6) is 0.711. The number of thiol groups is 1. The van der Waals surface area contributed by atoms with Crippen LogP contribution in [0.4, 0.5) is 0 Å². The number of amides is 1. The number of benzene rings is 2. The number of carbonyl (C=O) groups is 1. The molecule has 0 N–H and O–H groups in total. The van der Waals surface area contributed by atoms with Crippen LogP contribution in [0.5, 0.6) is 5.75 Å². The largest absolute Gasteiger partial charge is 0.496 e. The van der Waals surface area contributed by atoms with E-state index in [1.807, 2.05) is 36.4 Å². The third-order valence-electron chi connectivity index (χ3n) is 3.13. The summed E-state index contributed by atoms with van der Waals surface area (Å²) >= 11 is 7.69. The Kier molecular flexibility index (Phi) is 5.31. The van der Waals surface area contributed by atoms with E-state index >= 15 is 0 Å². The molecule has 0 unspecified atom stereocenters. The number of para-hydroxylation sites is 1. The predicted octanol–water partition coefficient (Wildman–Crippen LogP) is 4.02. The lowest BCUT2D eigenvalue weighted by Gasteiger charge is -2.19. The van der Waals surface area contributed by atoms with Crippen LogP contribution in [-0.4, -0.2) is 25.0 Å². The van der Waals surface area contributed by atoms with Crippen LogP contribution < -0.4 is 4.74 Å². The van der Waals surface area contributed by atoms with E-state index in [1.54, 1.807) is 25.1 Å². The van der Waals surface area contributed by atoms with E-state index in [0.29, 0.717) is 12.1 Å². The first kappa shape index (κ1) is 15.9. The Bertz CT molecular complexity index is 660. The van der Waals surface area contributed by atoms with E-state index in [9.17, 15) is 4.79 Å². The standard InChI is InChI=1S/C16H16BrNO2S/c1-18(10-11-5-3-4-6-15(11)20-2)16(19)13-9-12(21)7-8-14(13)17/h3-9,21H,10H2,1-2H3. The summed E-state index contributed by atoms with van der Waals surface area (Å²) in [7, 11) is 3.40. The van der Waals surface area contributed by atoms with Gasteiger partial charge in [0.1, 0.15) is 5.75 Å². The number of nitrogens with zero attached hydrogens (tertiary/aromatic N) is 1. The smallest absolute Gasteiger partial charge is 0.255 e. The molecular weight excluding hydrogens is 350 g/mol. The summed E-state index contributed by atoms with van der Waals surface area (Å²) in [6, 6.07) is 13.1. The Hall–Kier alpha value is -1.46. The highest BCUT2D eigenvalue weighted by Gasteiger charge is 2.16. The summed E-state index contributed by atoms with van der Waals surface area (Å²) in [5, 5.41) is 0. The van der Waals surface area contributed by atoms with E-state index in [1.165, 1.54) is 0 Å². The molecule has 0 heterocycles. The highest BCUT2D eigenvalue weighted by Crippen LogP contribution is 2.24. The average Bonchev–Trinajstić information content (AvgIpc) is 2.49. The van der Waals surface area contributed by atoms with Gasteiger partial charge in [-0.25, -0.2) is 0 Å². The number of ether oxygens (including phenoxy) is 1. The Labute approximate surface area is 138 Å². The molecule has 2 aromatic rings. The molecule has 0 saturated heterocycles. The maximum Gasteiger partial charge on any atom is 0.255 e. The van der Waals surface area contributed by atoms with Crippen molar-refractivity contribution in [3.8, 4) is 5.75 Å². The molecular formula is C16H16BrNO2S. The van der Waals surface area contributed by atoms with Gasteiger partial charge >= 0.3 is 0 Å². The molecule has 0 saturated carbocycles. The van der Waals surface area contributed by atoms with Crippen molar-refractivity contribution >= 4 is 34.5 Å². The summed E-state index contributed by atoms with van der Waals surface area (Å²) in [4.78, 5) is 15.0. The Morgan fingerprint density at radius 2 is 2.00 bits per heavy atom. The zero-order valence-corrected chi connectivity index (χ0v) is 14.3. The van der Waals surface area contributed by atoms with Gasteiger partial charge in [-0.05, 0) is 40.2 Å². The highest BCUT2D eigenvalue weighted by molar-refractivity contribution is 9.10. The van der Waals surface area contributed by atoms with Crippen molar-refractivity contribution in [2.75, 3.05) is 14.2 Å². The van der Waals surface area contributed by atoms with Gasteiger partial charge in [0.25, 0.3) is 5.91 Å². The van der Waals surface area contributed by atoms with E-state index in [4.69, 9.17) is 4.74 Å². The van der Waals surface area contributed by atoms with Gasteiger partial charge in [0.15, 0.2) is 0 Å². The Morgan fingerprint density at radius 3 is 2.71 bits per heavy atom. The monoisotopic (exact) mass is 365 g/mol. The molecule has 110 valence electrons. The van der Waals surface area contributed by atoms with Crippen LogP contribution in [0.2, 0.25) is 0 Å². The molecule has 0 aromatic heterocycles. The fourth-order valence-electron chi connectivity index (χ4n) is 2.04. The van der Waals surface area contributed by atoms with Crippen LogP contribution in [0.3, 0.4) is 0 Å². The van der Waals surface area contributed by atoms with Crippen molar-refractivity contribution in [3.05, 3.63) is 58.1 Å². The molecule has 0 aliphatic carbocycles. The minimum atomic E-state index is -0.0660. The first-order valence-electron chi connectivity index (χ1n) is 6.39. The van der Waals surface area contributed by atoms with Crippen LogP contribution in [0, 0.1) is 0 Å². The highest BCUT2D eigenvalue weighted by atomic mass is 79.9. The predicted molar refractivity (Wildman–Crippen MR) is 90.2 cm³/mol. The number of hydrogen-bond donors (Lipinski definition) is 1. The number of methoxy groups -OCH3 is 1. The third kappa shape index (κ3) is 3.80. The Morgan fingerprint density at radius 1 is 1.29 bits per heavy atom. The molecule has 0 spiro atoms. The van der Waals surface area contributed by atoms with Gasteiger partial charge in [0, 0.05) is 28.5 Å². The average molecular weight is 366 g/mol. The summed E-state index contributed by atoms with van der Waals surface area (Å²) in [5.41, 5.74) is 1.56. The molecule has 1 amide bonds. The first-order chi connectivity index (χ1) is 10.0. The lowest BCUT2D eigenvalue weighted by Crippen LogP contribution is -2.26. The van der Waals surface area contributed by atoms with Crippen LogP contribution in [-0.2, 0) is 6.54 Å². The molecule has 0 radical (unpaired) electrons. The molecule has 0 bridgehead atoms. The topological polar surface area (TPSA) is 29.5 Å². The van der Waals surface area contributed by atoms with Crippen molar-refractivity contribution in [2.24, 2.45) is 0 Å². The second kappa shape index (κ2) is 7.00. The fourth-order valence-corrected chi connectivity index (χ4v) is 2.66. The van der Waals surface area contributed by atoms with E-state index in [2.05, 4.69) is 28.6 Å². The van der Waals surface area contributed by atoms with E-state index in [-0.39, 0.29) is 5.91 Å². The molecule has 3 nitrogen and oxygen atoms in total. The van der Waals surface area contributed by atoms with Crippen molar-refractivity contribution in [2.45, 2.75) is 11.4 Å². The van der Waals surface area contributed by atoms with Gasteiger partial charge in [-0.2, -0.15) is 0 Å². The van der Waals surface area contributed by atoms with Gasteiger partial charge in [0.05, 0.1) is 12.7 Å². The molecule has 5 heteroatoms. The van der Waals surface area contributed by atoms with Gasteiger partial charge < -0.3 is 9.64 Å². The van der Waals surface area contributed by atoms with Crippen LogP contribution in [0.1, 0.15) is 15.9 Å². The van der Waals surface area contributed by atoms with Crippen molar-refractivity contribution in [1.29, 1.82) is 0 Å². The molecule has 0 aliphatic heterocycles. The third-order valence-corrected chi connectivity index (χ3v) is 4.10. The summed E-state index contributed by atoms with van der Waals surface area (Å²) < 4.78 is 6.08. The lowest BCUT2D eigenvalue weighted by molar-refractivity contribution is 0.0783. The van der Waals surface area contributed by atoms with Crippen molar-refractivity contribution < 1.29 is 9.53 Å². The van der Waals surface area contributed by atoms with Crippen LogP contribution >= 0.6 is 28.6 Å². The second-order valence-electron chi connectivity index (χ2n) is 4.64. The van der Waals surface area contributed by atoms with Gasteiger partial charge in [-0.15, -0.1) is 12.6 Å². The molecule has 2 rings (SSSR count). The van der Waals surface area contributed by atoms with Gasteiger partial charge in [0.2, 0.25) is 0 Å². The van der Waals surface area contributed by atoms with Crippen LogP contribution in [0.15, 0.2) is 51.8 Å². The maximum absolute atomic E-state index is 12.5. The van der Waals surface area contributed by atoms with Gasteiger partial charge in [-0.3, -0.25) is 4.79 Å². The Balaban J connectivity index is 2.22. The molecule has 0 atom stereocenters. The second-order valence-corrected chi connectivity index (χ2v) is 6.01. The van der Waals surface area contributed by atoms with E-state index in [0.717, 1.165) is 20.7 Å². The van der Waals surface area contributed by atoms with Crippen LogP contribution in [0.25, 0.3) is 0 Å². The summed E-state index contributed by atoms with van der Waals surface area (Å²) in [6.45, 7) is 0.478. The SMILES string of the molecule is COc1ccccc1CN(C)C(=O)c1cc(S)ccc1Br. The zero-order chi connectivity index (χ0) is 15.4. The number of hydrogen-bond acceptors (Lipinski definition) is 3. The molecule has 2 aromatic carbocycles. The lowest BCUT2D eigenvalue weighted by atomic mass is 10.1. The summed E-state index contributed by atoms with van der Waals surface area (Å²) in [6.07, 6.45) is 0.